The highest BCUT2D eigenvalue weighted by Gasteiger charge is 2.30. The van der Waals surface area contributed by atoms with E-state index in [0.29, 0.717) is 34.7 Å². The van der Waals surface area contributed by atoms with E-state index >= 15 is 0 Å². The van der Waals surface area contributed by atoms with Gasteiger partial charge in [0.15, 0.2) is 0 Å². The Morgan fingerprint density at radius 1 is 0.976 bits per heavy atom. The number of amides is 4. The van der Waals surface area contributed by atoms with Crippen molar-refractivity contribution >= 4 is 58.6 Å². The van der Waals surface area contributed by atoms with Gasteiger partial charge in [-0.25, -0.2) is 9.59 Å². The van der Waals surface area contributed by atoms with Crippen LogP contribution in [0.1, 0.15) is 55.4 Å². The predicted molar refractivity (Wildman–Crippen MR) is 159 cm³/mol. The molecule has 3 aromatic rings. The van der Waals surface area contributed by atoms with E-state index in [2.05, 4.69) is 16.0 Å². The van der Waals surface area contributed by atoms with Crippen molar-refractivity contribution in [2.24, 2.45) is 0 Å². The zero-order chi connectivity index (χ0) is 30.0. The second kappa shape index (κ2) is 12.6. The van der Waals surface area contributed by atoms with Gasteiger partial charge in [-0.05, 0) is 71.8 Å². The third-order valence-corrected chi connectivity index (χ3v) is 8.49. The molecule has 9 nitrogen and oxygen atoms in total. The molecule has 42 heavy (non-hydrogen) atoms. The maximum absolute atomic E-state index is 13.2. The predicted octanol–water partition coefficient (Wildman–Crippen LogP) is 5.02. The van der Waals surface area contributed by atoms with Gasteiger partial charge in [0.05, 0.1) is 28.2 Å². The molecule has 0 spiro atoms. The van der Waals surface area contributed by atoms with E-state index in [9.17, 15) is 24.3 Å². The van der Waals surface area contributed by atoms with E-state index in [0.717, 1.165) is 24.0 Å². The van der Waals surface area contributed by atoms with E-state index in [-0.39, 0.29) is 40.6 Å². The third-order valence-electron chi connectivity index (χ3n) is 7.52. The number of hydrogen-bond acceptors (Lipinski definition) is 4. The van der Waals surface area contributed by atoms with Gasteiger partial charge in [-0.1, -0.05) is 59.1 Å². The molecule has 0 fully saturated rings. The van der Waals surface area contributed by atoms with Crippen LogP contribution in [0.5, 0.6) is 0 Å². The van der Waals surface area contributed by atoms with E-state index in [4.69, 9.17) is 34.8 Å². The van der Waals surface area contributed by atoms with E-state index < -0.39 is 23.9 Å². The summed E-state index contributed by atoms with van der Waals surface area (Å²) in [5, 5.41) is 18.2. The Balaban J connectivity index is 1.23. The molecule has 12 heteroatoms. The lowest BCUT2D eigenvalue weighted by Crippen LogP contribution is -2.50. The van der Waals surface area contributed by atoms with Crippen LogP contribution in [0.15, 0.2) is 54.6 Å². The first kappa shape index (κ1) is 29.7. The lowest BCUT2D eigenvalue weighted by molar-refractivity contribution is -0.139. The number of nitrogens with one attached hydrogen (secondary N) is 3. The second-order valence-corrected chi connectivity index (χ2v) is 11.4. The average molecular weight is 630 g/mol. The fourth-order valence-electron chi connectivity index (χ4n) is 5.35. The highest BCUT2D eigenvalue weighted by Crippen LogP contribution is 2.35. The molecule has 1 heterocycles. The molecule has 0 bridgehead atoms. The summed E-state index contributed by atoms with van der Waals surface area (Å²) in [7, 11) is 0. The number of carboxylic acid groups (broad SMARTS) is 1. The molecule has 4 amide bonds. The molecule has 0 saturated carbocycles. The number of nitrogens with zero attached hydrogens (tertiary/aromatic N) is 1. The number of urea groups is 1. The summed E-state index contributed by atoms with van der Waals surface area (Å²) in [6.07, 6.45) is 1.96. The van der Waals surface area contributed by atoms with Crippen LogP contribution in [0.4, 0.5) is 4.79 Å². The van der Waals surface area contributed by atoms with Crippen molar-refractivity contribution in [1.82, 2.24) is 20.9 Å². The van der Waals surface area contributed by atoms with Crippen LogP contribution in [0.3, 0.4) is 0 Å². The topological polar surface area (TPSA) is 128 Å². The molecule has 1 aliphatic heterocycles. The normalized spacial score (nSPS) is 16.2. The number of halogens is 3. The number of aryl methyl sites for hydroxylation is 1. The minimum atomic E-state index is -1.44. The van der Waals surface area contributed by atoms with Gasteiger partial charge in [0, 0.05) is 23.7 Å². The number of carbonyl (C=O) groups is 4. The summed E-state index contributed by atoms with van der Waals surface area (Å²) in [5.41, 5.74) is 3.98. The minimum Gasteiger partial charge on any atom is -0.480 e. The molecule has 3 aromatic carbocycles. The molecule has 4 N–H and O–H groups in total. The Labute approximate surface area is 257 Å². The van der Waals surface area contributed by atoms with Crippen LogP contribution in [0.25, 0.3) is 0 Å². The van der Waals surface area contributed by atoms with E-state index in [1.54, 1.807) is 35.2 Å². The number of fused-ring (bicyclic) bond motifs is 2. The van der Waals surface area contributed by atoms with Crippen molar-refractivity contribution in [3.05, 3.63) is 103 Å². The number of aliphatic carboxylic acids is 1. The smallest absolute Gasteiger partial charge is 0.328 e. The number of carboxylic acids is 1. The fourth-order valence-corrected chi connectivity index (χ4v) is 6.24. The Hall–Kier alpha value is -3.79. The summed E-state index contributed by atoms with van der Waals surface area (Å²) < 4.78 is 0. The standard InChI is InChI=1S/C30H27Cl3N4O5/c31-19-8-5-17(6-9-19)28(39)37-12-11-21-18(15-37)13-22(32)25(26(21)33)27(38)35-24(29(40)41)14-34-30(42)36-23-10-7-16-3-1-2-4-20(16)23/h1-6,8-9,13,23-24H,7,10-12,14-15H2,(H,35,38)(H,40,41)(H2,34,36,42). The van der Waals surface area contributed by atoms with Crippen molar-refractivity contribution in [2.45, 2.75) is 37.9 Å². The molecule has 2 unspecified atom stereocenters. The largest absolute Gasteiger partial charge is 0.480 e. The quantitative estimate of drug-likeness (QED) is 0.292. The first-order valence-electron chi connectivity index (χ1n) is 13.3. The Morgan fingerprint density at radius 3 is 2.45 bits per heavy atom. The molecule has 2 atom stereocenters. The monoisotopic (exact) mass is 628 g/mol. The lowest BCUT2D eigenvalue weighted by Gasteiger charge is -2.30. The lowest BCUT2D eigenvalue weighted by atomic mass is 9.96. The summed E-state index contributed by atoms with van der Waals surface area (Å²) in [6.45, 7) is 0.239. The maximum atomic E-state index is 13.2. The Bertz CT molecular complexity index is 1560. The van der Waals surface area contributed by atoms with Crippen molar-refractivity contribution in [3.63, 3.8) is 0 Å². The minimum absolute atomic E-state index is 0.0202. The number of rotatable bonds is 7. The van der Waals surface area contributed by atoms with Gasteiger partial charge in [0.2, 0.25) is 0 Å². The van der Waals surface area contributed by atoms with Crippen LogP contribution in [0.2, 0.25) is 15.1 Å². The van der Waals surface area contributed by atoms with Crippen LogP contribution in [-0.4, -0.2) is 53.0 Å². The van der Waals surface area contributed by atoms with Gasteiger partial charge in [-0.3, -0.25) is 9.59 Å². The second-order valence-electron chi connectivity index (χ2n) is 10.2. The number of benzene rings is 3. The molecule has 0 radical (unpaired) electrons. The molecule has 0 saturated heterocycles. The third kappa shape index (κ3) is 6.33. The van der Waals surface area contributed by atoms with Crippen molar-refractivity contribution in [1.29, 1.82) is 0 Å². The van der Waals surface area contributed by atoms with Crippen molar-refractivity contribution < 1.29 is 24.3 Å². The number of carbonyl (C=O) groups excluding carboxylic acids is 3. The molecule has 218 valence electrons. The van der Waals surface area contributed by atoms with Gasteiger partial charge in [-0.15, -0.1) is 0 Å². The van der Waals surface area contributed by atoms with Gasteiger partial charge in [0.25, 0.3) is 11.8 Å². The van der Waals surface area contributed by atoms with E-state index in [1.165, 1.54) is 0 Å². The zero-order valence-corrected chi connectivity index (χ0v) is 24.5. The van der Waals surface area contributed by atoms with Crippen LogP contribution < -0.4 is 16.0 Å². The van der Waals surface area contributed by atoms with Gasteiger partial charge in [0.1, 0.15) is 6.04 Å². The summed E-state index contributed by atoms with van der Waals surface area (Å²) in [5.74, 6) is -2.30. The first-order valence-corrected chi connectivity index (χ1v) is 14.5. The summed E-state index contributed by atoms with van der Waals surface area (Å²) >= 11 is 19.0. The average Bonchev–Trinajstić information content (AvgIpc) is 3.37. The molecular formula is C30H27Cl3N4O5. The van der Waals surface area contributed by atoms with Gasteiger partial charge >= 0.3 is 12.0 Å². The zero-order valence-electron chi connectivity index (χ0n) is 22.3. The molecule has 2 aliphatic rings. The van der Waals surface area contributed by atoms with Crippen LogP contribution in [-0.2, 0) is 24.2 Å². The van der Waals surface area contributed by atoms with Crippen LogP contribution >= 0.6 is 34.8 Å². The summed E-state index contributed by atoms with van der Waals surface area (Å²) in [6, 6.07) is 13.8. The number of hydrogen-bond donors (Lipinski definition) is 4. The highest BCUT2D eigenvalue weighted by atomic mass is 35.5. The molecule has 1 aliphatic carbocycles. The summed E-state index contributed by atoms with van der Waals surface area (Å²) in [4.78, 5) is 52.3. The molecular weight excluding hydrogens is 603 g/mol. The highest BCUT2D eigenvalue weighted by molar-refractivity contribution is 6.40. The molecule has 5 rings (SSSR count). The van der Waals surface area contributed by atoms with Crippen LogP contribution in [0, 0.1) is 0 Å². The van der Waals surface area contributed by atoms with Crippen molar-refractivity contribution in [2.75, 3.05) is 13.1 Å². The van der Waals surface area contributed by atoms with Gasteiger partial charge in [-0.2, -0.15) is 0 Å². The first-order chi connectivity index (χ1) is 20.1. The molecule has 0 aromatic heterocycles. The Kier molecular flexibility index (Phi) is 8.91. The van der Waals surface area contributed by atoms with E-state index in [1.807, 2.05) is 24.3 Å². The van der Waals surface area contributed by atoms with Crippen molar-refractivity contribution in [3.8, 4) is 0 Å². The fraction of sp³-hybridized carbons (Fsp3) is 0.267. The Morgan fingerprint density at radius 2 is 1.71 bits per heavy atom. The van der Waals surface area contributed by atoms with Gasteiger partial charge < -0.3 is 26.0 Å². The SMILES string of the molecule is O=C(NCC(NC(=O)c1c(Cl)cc2c(c1Cl)CCN(C(=O)c1ccc(Cl)cc1)C2)C(=O)O)NC1CCc2ccccc21. The maximum Gasteiger partial charge on any atom is 0.328 e.